The van der Waals surface area contributed by atoms with Gasteiger partial charge in [0.2, 0.25) is 0 Å². The highest BCUT2D eigenvalue weighted by Crippen LogP contribution is 2.21. The number of benzene rings is 1. The Morgan fingerprint density at radius 2 is 1.67 bits per heavy atom. The molecule has 0 amide bonds. The summed E-state index contributed by atoms with van der Waals surface area (Å²) in [5.74, 6) is 0.637. The van der Waals surface area contributed by atoms with Gasteiger partial charge < -0.3 is 5.32 Å². The molecule has 0 aliphatic carbocycles. The Morgan fingerprint density at radius 3 is 2.07 bits per heavy atom. The normalized spacial score (nSPS) is 13.1. The van der Waals surface area contributed by atoms with Crippen LogP contribution in [0.25, 0.3) is 0 Å². The first-order chi connectivity index (χ1) is 7.19. The summed E-state index contributed by atoms with van der Waals surface area (Å²) in [6, 6.07) is 9.48. The molecule has 1 nitrogen and oxygen atoms in total. The molecule has 0 saturated heterocycles. The Morgan fingerprint density at radius 1 is 1.07 bits per heavy atom. The Hall–Kier alpha value is -0.820. The lowest BCUT2D eigenvalue weighted by atomic mass is 9.95. The first kappa shape index (κ1) is 12.3. The van der Waals surface area contributed by atoms with E-state index in [0.717, 1.165) is 13.0 Å². The van der Waals surface area contributed by atoms with Crippen LogP contribution in [0.2, 0.25) is 0 Å². The van der Waals surface area contributed by atoms with E-state index in [9.17, 15) is 0 Å². The lowest BCUT2D eigenvalue weighted by molar-refractivity contribution is 0.421. The van der Waals surface area contributed by atoms with Crippen molar-refractivity contribution in [1.29, 1.82) is 0 Å². The number of aryl methyl sites for hydroxylation is 1. The van der Waals surface area contributed by atoms with Gasteiger partial charge in [-0.3, -0.25) is 0 Å². The number of hydrogen-bond donors (Lipinski definition) is 1. The number of hydrogen-bond acceptors (Lipinski definition) is 1. The fourth-order valence-corrected chi connectivity index (χ4v) is 1.92. The zero-order valence-corrected chi connectivity index (χ0v) is 10.4. The van der Waals surface area contributed by atoms with E-state index in [4.69, 9.17) is 0 Å². The highest BCUT2D eigenvalue weighted by Gasteiger charge is 2.13. The Balaban J connectivity index is 2.81. The van der Waals surface area contributed by atoms with E-state index < -0.39 is 0 Å². The Bertz CT molecular complexity index is 274. The lowest BCUT2D eigenvalue weighted by Gasteiger charge is -2.22. The van der Waals surface area contributed by atoms with E-state index in [-0.39, 0.29) is 0 Å². The quantitative estimate of drug-likeness (QED) is 0.775. The van der Waals surface area contributed by atoms with E-state index in [1.807, 2.05) is 0 Å². The second kappa shape index (κ2) is 5.92. The van der Waals surface area contributed by atoms with Crippen molar-refractivity contribution in [2.45, 2.75) is 40.2 Å². The summed E-state index contributed by atoms with van der Waals surface area (Å²) in [6.45, 7) is 9.91. The van der Waals surface area contributed by atoms with Gasteiger partial charge in [0.15, 0.2) is 0 Å². The van der Waals surface area contributed by atoms with Crippen molar-refractivity contribution in [2.24, 2.45) is 5.92 Å². The predicted molar refractivity (Wildman–Crippen MR) is 67.1 cm³/mol. The van der Waals surface area contributed by atoms with Crippen LogP contribution < -0.4 is 5.32 Å². The van der Waals surface area contributed by atoms with Gasteiger partial charge in [-0.05, 0) is 30.0 Å². The summed E-state index contributed by atoms with van der Waals surface area (Å²) in [5, 5.41) is 3.54. The lowest BCUT2D eigenvalue weighted by Crippen LogP contribution is -2.25. The standard InChI is InChI=1S/C14H23N/c1-5-12-7-9-13(10-8-12)14(11(3)4)15-6-2/h7-11,14-15H,5-6H2,1-4H3. The summed E-state index contributed by atoms with van der Waals surface area (Å²) in [5.41, 5.74) is 2.82. The van der Waals surface area contributed by atoms with E-state index in [1.165, 1.54) is 11.1 Å². The van der Waals surface area contributed by atoms with Crippen molar-refractivity contribution >= 4 is 0 Å². The van der Waals surface area contributed by atoms with Crippen LogP contribution in [0.4, 0.5) is 0 Å². The van der Waals surface area contributed by atoms with Crippen molar-refractivity contribution in [1.82, 2.24) is 5.32 Å². The van der Waals surface area contributed by atoms with Crippen LogP contribution >= 0.6 is 0 Å². The molecule has 84 valence electrons. The van der Waals surface area contributed by atoms with E-state index in [2.05, 4.69) is 57.3 Å². The van der Waals surface area contributed by atoms with E-state index >= 15 is 0 Å². The van der Waals surface area contributed by atoms with Gasteiger partial charge in [0.05, 0.1) is 0 Å². The van der Waals surface area contributed by atoms with Crippen LogP contribution in [0.3, 0.4) is 0 Å². The summed E-state index contributed by atoms with van der Waals surface area (Å²) < 4.78 is 0. The molecule has 1 aromatic carbocycles. The average Bonchev–Trinajstić information content (AvgIpc) is 2.26. The molecule has 0 fully saturated rings. The van der Waals surface area contributed by atoms with Crippen LogP contribution in [0.5, 0.6) is 0 Å². The second-order valence-electron chi connectivity index (χ2n) is 4.37. The topological polar surface area (TPSA) is 12.0 Å². The van der Waals surface area contributed by atoms with Crippen LogP contribution in [-0.2, 0) is 6.42 Å². The Labute approximate surface area is 93.9 Å². The molecule has 1 atom stereocenters. The minimum atomic E-state index is 0.487. The molecule has 0 aliphatic rings. The minimum absolute atomic E-state index is 0.487. The molecule has 0 aliphatic heterocycles. The molecule has 1 heteroatoms. The summed E-state index contributed by atoms with van der Waals surface area (Å²) >= 11 is 0. The third kappa shape index (κ3) is 3.35. The fraction of sp³-hybridized carbons (Fsp3) is 0.571. The van der Waals surface area contributed by atoms with Gasteiger partial charge in [0.1, 0.15) is 0 Å². The van der Waals surface area contributed by atoms with Gasteiger partial charge in [0.25, 0.3) is 0 Å². The Kier molecular flexibility index (Phi) is 4.83. The van der Waals surface area contributed by atoms with Crippen LogP contribution in [0.1, 0.15) is 44.9 Å². The molecule has 1 unspecified atom stereocenters. The number of rotatable bonds is 5. The fourth-order valence-electron chi connectivity index (χ4n) is 1.92. The predicted octanol–water partition coefficient (Wildman–Crippen LogP) is 3.56. The first-order valence-electron chi connectivity index (χ1n) is 6.01. The molecular weight excluding hydrogens is 182 g/mol. The molecule has 0 heterocycles. The molecule has 1 N–H and O–H groups in total. The van der Waals surface area contributed by atoms with E-state index in [0.29, 0.717) is 12.0 Å². The molecular formula is C14H23N. The van der Waals surface area contributed by atoms with Crippen molar-refractivity contribution in [3.05, 3.63) is 35.4 Å². The van der Waals surface area contributed by atoms with Gasteiger partial charge in [-0.2, -0.15) is 0 Å². The average molecular weight is 205 g/mol. The highest BCUT2D eigenvalue weighted by molar-refractivity contribution is 5.25. The van der Waals surface area contributed by atoms with E-state index in [1.54, 1.807) is 0 Å². The largest absolute Gasteiger partial charge is 0.310 e. The zero-order valence-electron chi connectivity index (χ0n) is 10.4. The second-order valence-corrected chi connectivity index (χ2v) is 4.37. The molecule has 0 saturated carbocycles. The monoisotopic (exact) mass is 205 g/mol. The molecule has 0 bridgehead atoms. The van der Waals surface area contributed by atoms with Crippen LogP contribution in [-0.4, -0.2) is 6.54 Å². The SMILES string of the molecule is CCNC(c1ccc(CC)cc1)C(C)C. The van der Waals surface area contributed by atoms with Gasteiger partial charge >= 0.3 is 0 Å². The summed E-state index contributed by atoms with van der Waals surface area (Å²) in [7, 11) is 0. The molecule has 0 spiro atoms. The highest BCUT2D eigenvalue weighted by atomic mass is 14.9. The first-order valence-corrected chi connectivity index (χ1v) is 6.01. The van der Waals surface area contributed by atoms with Gasteiger partial charge in [0, 0.05) is 6.04 Å². The van der Waals surface area contributed by atoms with Crippen molar-refractivity contribution in [3.8, 4) is 0 Å². The van der Waals surface area contributed by atoms with Gasteiger partial charge in [-0.1, -0.05) is 52.0 Å². The van der Waals surface area contributed by atoms with Gasteiger partial charge in [-0.25, -0.2) is 0 Å². The summed E-state index contributed by atoms with van der Waals surface area (Å²) in [6.07, 6.45) is 1.12. The van der Waals surface area contributed by atoms with Gasteiger partial charge in [-0.15, -0.1) is 0 Å². The molecule has 0 radical (unpaired) electrons. The molecule has 1 rings (SSSR count). The third-order valence-corrected chi connectivity index (χ3v) is 2.84. The van der Waals surface area contributed by atoms with Crippen LogP contribution in [0, 0.1) is 5.92 Å². The summed E-state index contributed by atoms with van der Waals surface area (Å²) in [4.78, 5) is 0. The third-order valence-electron chi connectivity index (χ3n) is 2.84. The molecule has 1 aromatic rings. The minimum Gasteiger partial charge on any atom is -0.310 e. The van der Waals surface area contributed by atoms with Crippen molar-refractivity contribution < 1.29 is 0 Å². The maximum atomic E-state index is 3.54. The van der Waals surface area contributed by atoms with Crippen molar-refractivity contribution in [2.75, 3.05) is 6.54 Å². The zero-order chi connectivity index (χ0) is 11.3. The van der Waals surface area contributed by atoms with Crippen molar-refractivity contribution in [3.63, 3.8) is 0 Å². The smallest absolute Gasteiger partial charge is 0.0343 e. The van der Waals surface area contributed by atoms with Crippen LogP contribution in [0.15, 0.2) is 24.3 Å². The number of nitrogens with one attached hydrogen (secondary N) is 1. The molecule has 15 heavy (non-hydrogen) atoms. The maximum absolute atomic E-state index is 3.54. The molecule has 0 aromatic heterocycles. The maximum Gasteiger partial charge on any atom is 0.0343 e.